The van der Waals surface area contributed by atoms with Crippen molar-refractivity contribution >= 4 is 11.8 Å². The molecule has 0 saturated carbocycles. The minimum absolute atomic E-state index is 0.145. The van der Waals surface area contributed by atoms with Gasteiger partial charge in [-0.05, 0) is 48.7 Å². The number of carboxylic acid groups (broad SMARTS) is 1. The summed E-state index contributed by atoms with van der Waals surface area (Å²) in [5.74, 6) is 0.492. The second-order valence-electron chi connectivity index (χ2n) is 4.76. The maximum atomic E-state index is 10.5. The third-order valence-electron chi connectivity index (χ3n) is 3.24. The fourth-order valence-electron chi connectivity index (χ4n) is 2.19. The zero-order valence-corrected chi connectivity index (χ0v) is 11.3. The van der Waals surface area contributed by atoms with Gasteiger partial charge in [0.2, 0.25) is 5.82 Å². The number of aromatic nitrogens is 4. The first-order valence-corrected chi connectivity index (χ1v) is 6.74. The Labute approximate surface area is 120 Å². The van der Waals surface area contributed by atoms with Gasteiger partial charge < -0.3 is 9.84 Å². The molecule has 1 amide bonds. The van der Waals surface area contributed by atoms with Crippen LogP contribution in [0, 0.1) is 0 Å². The van der Waals surface area contributed by atoms with E-state index in [9.17, 15) is 4.79 Å². The van der Waals surface area contributed by atoms with Crippen LogP contribution >= 0.6 is 0 Å². The van der Waals surface area contributed by atoms with Crippen LogP contribution in [0.1, 0.15) is 25.5 Å². The van der Waals surface area contributed by atoms with E-state index >= 15 is 0 Å². The molecule has 2 heterocycles. The smallest absolute Gasteiger partial charge is 0.409 e. The van der Waals surface area contributed by atoms with E-state index in [2.05, 4.69) is 20.7 Å². The Bertz CT molecular complexity index is 619. The molecule has 1 aliphatic heterocycles. The van der Waals surface area contributed by atoms with E-state index in [0.29, 0.717) is 11.5 Å². The average molecular weight is 289 g/mol. The van der Waals surface area contributed by atoms with Crippen LogP contribution in [0.15, 0.2) is 24.3 Å². The van der Waals surface area contributed by atoms with E-state index in [1.165, 1.54) is 4.80 Å². The van der Waals surface area contributed by atoms with Crippen molar-refractivity contribution in [1.29, 1.82) is 0 Å². The minimum atomic E-state index is -1.10. The van der Waals surface area contributed by atoms with Crippen LogP contribution in [-0.2, 0) is 4.74 Å². The standard InChI is InChI=1S/C13H15N5O3/c19-13(20)14-10-6-4-9(5-7-10)12-15-17-18(16-12)11-3-1-2-8-21-11/h4-7,11,14H,1-3,8H2,(H,19,20). The van der Waals surface area contributed by atoms with Gasteiger partial charge in [-0.25, -0.2) is 4.79 Å². The summed E-state index contributed by atoms with van der Waals surface area (Å²) >= 11 is 0. The van der Waals surface area contributed by atoms with Crippen molar-refractivity contribution < 1.29 is 14.6 Å². The Morgan fingerprint density at radius 1 is 1.33 bits per heavy atom. The quantitative estimate of drug-likeness (QED) is 0.897. The number of benzene rings is 1. The van der Waals surface area contributed by atoms with E-state index in [1.807, 2.05) is 0 Å². The zero-order chi connectivity index (χ0) is 14.7. The van der Waals surface area contributed by atoms with Gasteiger partial charge in [0, 0.05) is 17.9 Å². The lowest BCUT2D eigenvalue weighted by Crippen LogP contribution is -2.20. The fourth-order valence-corrected chi connectivity index (χ4v) is 2.19. The van der Waals surface area contributed by atoms with Crippen molar-refractivity contribution in [2.24, 2.45) is 0 Å². The Morgan fingerprint density at radius 2 is 2.14 bits per heavy atom. The Morgan fingerprint density at radius 3 is 2.81 bits per heavy atom. The molecule has 8 heteroatoms. The van der Waals surface area contributed by atoms with Gasteiger partial charge >= 0.3 is 6.09 Å². The highest BCUT2D eigenvalue weighted by molar-refractivity contribution is 5.83. The summed E-state index contributed by atoms with van der Waals surface area (Å²) in [6.45, 7) is 0.719. The Kier molecular flexibility index (Phi) is 3.78. The molecular weight excluding hydrogens is 274 g/mol. The monoisotopic (exact) mass is 289 g/mol. The van der Waals surface area contributed by atoms with Crippen LogP contribution in [0.3, 0.4) is 0 Å². The molecule has 8 nitrogen and oxygen atoms in total. The largest absolute Gasteiger partial charge is 0.465 e. The highest BCUT2D eigenvalue weighted by Crippen LogP contribution is 2.22. The van der Waals surface area contributed by atoms with E-state index in [1.54, 1.807) is 24.3 Å². The van der Waals surface area contributed by atoms with Crippen molar-refractivity contribution in [3.63, 3.8) is 0 Å². The number of amides is 1. The predicted molar refractivity (Wildman–Crippen MR) is 73.7 cm³/mol. The van der Waals surface area contributed by atoms with Crippen molar-refractivity contribution in [2.45, 2.75) is 25.5 Å². The van der Waals surface area contributed by atoms with Gasteiger partial charge in [-0.3, -0.25) is 5.32 Å². The number of anilines is 1. The van der Waals surface area contributed by atoms with E-state index in [0.717, 1.165) is 31.4 Å². The van der Waals surface area contributed by atoms with Crippen LogP contribution in [-0.4, -0.2) is 38.0 Å². The van der Waals surface area contributed by atoms with Crippen LogP contribution in [0.2, 0.25) is 0 Å². The number of nitrogens with zero attached hydrogens (tertiary/aromatic N) is 4. The van der Waals surface area contributed by atoms with Gasteiger partial charge in [-0.2, -0.15) is 0 Å². The average Bonchev–Trinajstić information content (AvgIpc) is 2.98. The summed E-state index contributed by atoms with van der Waals surface area (Å²) in [4.78, 5) is 12.0. The van der Waals surface area contributed by atoms with Crippen LogP contribution in [0.5, 0.6) is 0 Å². The lowest BCUT2D eigenvalue weighted by Gasteiger charge is -2.20. The second-order valence-corrected chi connectivity index (χ2v) is 4.76. The van der Waals surface area contributed by atoms with Crippen LogP contribution in [0.25, 0.3) is 11.4 Å². The van der Waals surface area contributed by atoms with Gasteiger partial charge in [0.05, 0.1) is 0 Å². The molecule has 1 atom stereocenters. The summed E-state index contributed by atoms with van der Waals surface area (Å²) < 4.78 is 5.60. The molecule has 2 aromatic rings. The van der Waals surface area contributed by atoms with Crippen molar-refractivity contribution in [2.75, 3.05) is 11.9 Å². The molecule has 1 aliphatic rings. The number of carbonyl (C=O) groups is 1. The number of nitrogens with one attached hydrogen (secondary N) is 1. The molecule has 1 unspecified atom stereocenters. The molecule has 110 valence electrons. The normalized spacial score (nSPS) is 18.4. The summed E-state index contributed by atoms with van der Waals surface area (Å²) in [6.07, 6.45) is 1.80. The lowest BCUT2D eigenvalue weighted by molar-refractivity contribution is -0.0488. The number of tetrazole rings is 1. The van der Waals surface area contributed by atoms with E-state index < -0.39 is 6.09 Å². The predicted octanol–water partition coefficient (Wildman–Crippen LogP) is 2.13. The molecule has 1 aromatic heterocycles. The fraction of sp³-hybridized carbons (Fsp3) is 0.385. The van der Waals surface area contributed by atoms with Crippen LogP contribution in [0.4, 0.5) is 10.5 Å². The lowest BCUT2D eigenvalue weighted by atomic mass is 10.2. The zero-order valence-electron chi connectivity index (χ0n) is 11.3. The van der Waals surface area contributed by atoms with Gasteiger partial charge in [-0.15, -0.1) is 15.0 Å². The topological polar surface area (TPSA) is 102 Å². The highest BCUT2D eigenvalue weighted by atomic mass is 16.5. The molecule has 1 aromatic carbocycles. The van der Waals surface area contributed by atoms with Gasteiger partial charge in [-0.1, -0.05) is 0 Å². The summed E-state index contributed by atoms with van der Waals surface area (Å²) in [6, 6.07) is 6.80. The second kappa shape index (κ2) is 5.88. The summed E-state index contributed by atoms with van der Waals surface area (Å²) in [5, 5.41) is 23.3. The first-order chi connectivity index (χ1) is 10.2. The molecule has 1 saturated heterocycles. The van der Waals surface area contributed by atoms with Crippen LogP contribution < -0.4 is 5.32 Å². The molecule has 0 aliphatic carbocycles. The molecule has 1 fully saturated rings. The molecule has 0 radical (unpaired) electrons. The number of ether oxygens (including phenoxy) is 1. The first-order valence-electron chi connectivity index (χ1n) is 6.74. The van der Waals surface area contributed by atoms with Crippen molar-refractivity contribution in [3.05, 3.63) is 24.3 Å². The minimum Gasteiger partial charge on any atom is -0.465 e. The highest BCUT2D eigenvalue weighted by Gasteiger charge is 2.19. The molecule has 21 heavy (non-hydrogen) atoms. The molecule has 2 N–H and O–H groups in total. The first kappa shape index (κ1) is 13.5. The molecule has 0 bridgehead atoms. The summed E-state index contributed by atoms with van der Waals surface area (Å²) in [7, 11) is 0. The maximum Gasteiger partial charge on any atom is 0.409 e. The van der Waals surface area contributed by atoms with Crippen molar-refractivity contribution in [1.82, 2.24) is 20.2 Å². The van der Waals surface area contributed by atoms with Gasteiger partial charge in [0.25, 0.3) is 0 Å². The number of rotatable bonds is 3. The Balaban J connectivity index is 1.74. The third kappa shape index (κ3) is 3.16. The number of hydrogen-bond acceptors (Lipinski definition) is 5. The maximum absolute atomic E-state index is 10.5. The van der Waals surface area contributed by atoms with E-state index in [4.69, 9.17) is 9.84 Å². The third-order valence-corrected chi connectivity index (χ3v) is 3.24. The number of hydrogen-bond donors (Lipinski definition) is 2. The SMILES string of the molecule is O=C(O)Nc1ccc(-c2nnn(C3CCCCO3)n2)cc1. The summed E-state index contributed by atoms with van der Waals surface area (Å²) in [5.41, 5.74) is 1.27. The van der Waals surface area contributed by atoms with Gasteiger partial charge in [0.1, 0.15) is 0 Å². The molecule has 0 spiro atoms. The van der Waals surface area contributed by atoms with Gasteiger partial charge in [0.15, 0.2) is 6.23 Å². The molecule has 3 rings (SSSR count). The Hall–Kier alpha value is -2.48. The van der Waals surface area contributed by atoms with Crippen molar-refractivity contribution in [3.8, 4) is 11.4 Å². The molecular formula is C13H15N5O3. The van der Waals surface area contributed by atoms with E-state index in [-0.39, 0.29) is 6.23 Å².